The molecule has 0 bridgehead atoms. The van der Waals surface area contributed by atoms with Gasteiger partial charge in [-0.15, -0.1) is 0 Å². The van der Waals surface area contributed by atoms with Gasteiger partial charge in [0.2, 0.25) is 0 Å². The van der Waals surface area contributed by atoms with Crippen molar-refractivity contribution in [3.63, 3.8) is 0 Å². The predicted molar refractivity (Wildman–Crippen MR) is 99.7 cm³/mol. The lowest BCUT2D eigenvalue weighted by atomic mass is 9.97. The molecule has 0 aromatic heterocycles. The van der Waals surface area contributed by atoms with Crippen molar-refractivity contribution in [2.24, 2.45) is 0 Å². The van der Waals surface area contributed by atoms with Crippen molar-refractivity contribution in [1.82, 2.24) is 0 Å². The predicted octanol–water partition coefficient (Wildman–Crippen LogP) is 6.38. The molecule has 4 radical (unpaired) electrons. The van der Waals surface area contributed by atoms with E-state index in [0.29, 0.717) is 0 Å². The second-order valence-corrected chi connectivity index (χ2v) is 5.95. The van der Waals surface area contributed by atoms with Crippen molar-refractivity contribution < 1.29 is 0 Å². The van der Waals surface area contributed by atoms with Crippen molar-refractivity contribution in [3.05, 3.63) is 92.4 Å². The molecule has 0 nitrogen and oxygen atoms in total. The first-order valence-corrected chi connectivity index (χ1v) is 7.62. The first-order valence-electron chi connectivity index (χ1n) is 7.62. The fourth-order valence-corrected chi connectivity index (χ4v) is 3.39. The summed E-state index contributed by atoms with van der Waals surface area (Å²) in [6.07, 6.45) is 0. The summed E-state index contributed by atoms with van der Waals surface area (Å²) in [6, 6.07) is 30.9. The number of benzene rings is 5. The van der Waals surface area contributed by atoms with Crippen LogP contribution in [0.3, 0.4) is 0 Å². The van der Waals surface area contributed by atoms with Crippen LogP contribution in [0.1, 0.15) is 0 Å². The highest BCUT2D eigenvalue weighted by Crippen LogP contribution is 2.29. The van der Waals surface area contributed by atoms with Gasteiger partial charge in [-0.05, 0) is 79.5 Å². The molecular formula is C23H14. The maximum Gasteiger partial charge on any atom is 0 e. The fourth-order valence-electron chi connectivity index (χ4n) is 3.39. The normalized spacial score (nSPS) is 11.1. The minimum absolute atomic E-state index is 0. The van der Waals surface area contributed by atoms with Crippen LogP contribution in [-0.4, -0.2) is 0 Å². The molecule has 23 heavy (non-hydrogen) atoms. The molecule has 0 atom stereocenters. The van der Waals surface area contributed by atoms with Gasteiger partial charge in [-0.3, -0.25) is 0 Å². The van der Waals surface area contributed by atoms with Gasteiger partial charge in [0, 0.05) is 7.43 Å². The molecule has 0 heteroatoms. The van der Waals surface area contributed by atoms with E-state index in [4.69, 9.17) is 0 Å². The summed E-state index contributed by atoms with van der Waals surface area (Å²) in [4.78, 5) is 0. The standard InChI is InChI=1S/C22H14.C/c1-2-6-16-10-20-14-22-12-18-8-4-3-7-17(18)11-21(22)13-19(20)9-15(16)5-1;/h1-14H;. The van der Waals surface area contributed by atoms with Gasteiger partial charge in [-0.1, -0.05) is 48.5 Å². The summed E-state index contributed by atoms with van der Waals surface area (Å²) in [5, 5.41) is 10.4. The van der Waals surface area contributed by atoms with Gasteiger partial charge >= 0.3 is 0 Å². The Morgan fingerprint density at radius 1 is 0.304 bits per heavy atom. The zero-order chi connectivity index (χ0) is 14.5. The van der Waals surface area contributed by atoms with E-state index in [1.165, 1.54) is 43.1 Å². The van der Waals surface area contributed by atoms with Crippen molar-refractivity contribution in [3.8, 4) is 0 Å². The maximum atomic E-state index is 2.31. The Morgan fingerprint density at radius 2 is 0.522 bits per heavy atom. The molecule has 0 spiro atoms. The van der Waals surface area contributed by atoms with Gasteiger partial charge in [0.1, 0.15) is 0 Å². The third-order valence-electron chi connectivity index (χ3n) is 4.52. The lowest BCUT2D eigenvalue weighted by Crippen LogP contribution is -1.80. The summed E-state index contributed by atoms with van der Waals surface area (Å²) in [6.45, 7) is 0. The van der Waals surface area contributed by atoms with E-state index in [1.807, 2.05) is 0 Å². The van der Waals surface area contributed by atoms with Crippen LogP contribution >= 0.6 is 0 Å². The Balaban J connectivity index is 0.00000135. The van der Waals surface area contributed by atoms with Crippen LogP contribution in [-0.2, 0) is 0 Å². The third kappa shape index (κ3) is 2.15. The van der Waals surface area contributed by atoms with Crippen LogP contribution in [0.2, 0.25) is 0 Å². The number of fused-ring (bicyclic) bond motifs is 4. The molecule has 0 fully saturated rings. The zero-order valence-corrected chi connectivity index (χ0v) is 12.6. The molecule has 5 rings (SSSR count). The zero-order valence-electron chi connectivity index (χ0n) is 12.6. The van der Waals surface area contributed by atoms with Crippen molar-refractivity contribution in [2.45, 2.75) is 0 Å². The van der Waals surface area contributed by atoms with Gasteiger partial charge in [0.05, 0.1) is 0 Å². The molecular weight excluding hydrogens is 276 g/mol. The second-order valence-electron chi connectivity index (χ2n) is 5.95. The Kier molecular flexibility index (Phi) is 3.06. The van der Waals surface area contributed by atoms with E-state index >= 15 is 0 Å². The minimum Gasteiger partial charge on any atom is -0.0616 e. The van der Waals surface area contributed by atoms with Gasteiger partial charge in [-0.25, -0.2) is 0 Å². The average molecular weight is 290 g/mol. The summed E-state index contributed by atoms with van der Waals surface area (Å²) >= 11 is 0. The molecule has 0 saturated heterocycles. The number of rotatable bonds is 0. The topological polar surface area (TPSA) is 0 Å². The summed E-state index contributed by atoms with van der Waals surface area (Å²) in [7, 11) is 0. The van der Waals surface area contributed by atoms with Gasteiger partial charge < -0.3 is 0 Å². The smallest absolute Gasteiger partial charge is 0 e. The van der Waals surface area contributed by atoms with Crippen molar-refractivity contribution >= 4 is 43.1 Å². The van der Waals surface area contributed by atoms with Crippen molar-refractivity contribution in [2.75, 3.05) is 0 Å². The van der Waals surface area contributed by atoms with E-state index in [-0.39, 0.29) is 7.43 Å². The third-order valence-corrected chi connectivity index (χ3v) is 4.52. The molecule has 0 aliphatic carbocycles. The fraction of sp³-hybridized carbons (Fsp3) is 0. The van der Waals surface area contributed by atoms with E-state index in [9.17, 15) is 0 Å². The quantitative estimate of drug-likeness (QED) is 0.290. The molecule has 0 unspecified atom stereocenters. The van der Waals surface area contributed by atoms with E-state index in [0.717, 1.165) is 0 Å². The Morgan fingerprint density at radius 3 is 0.783 bits per heavy atom. The number of hydrogen-bond acceptors (Lipinski definition) is 0. The minimum atomic E-state index is 0. The summed E-state index contributed by atoms with van der Waals surface area (Å²) in [5.74, 6) is 0. The van der Waals surface area contributed by atoms with E-state index in [2.05, 4.69) is 84.9 Å². The Labute approximate surface area is 136 Å². The molecule has 0 aliphatic heterocycles. The monoisotopic (exact) mass is 290 g/mol. The largest absolute Gasteiger partial charge is 0.0616 e. The van der Waals surface area contributed by atoms with Crippen LogP contribution in [0.5, 0.6) is 0 Å². The lowest BCUT2D eigenvalue weighted by Gasteiger charge is -2.07. The number of hydrogen-bond donors (Lipinski definition) is 0. The highest BCUT2D eigenvalue weighted by Gasteiger charge is 2.02. The van der Waals surface area contributed by atoms with Crippen LogP contribution < -0.4 is 0 Å². The molecule has 5 aromatic carbocycles. The second kappa shape index (κ2) is 5.10. The maximum absolute atomic E-state index is 2.31. The van der Waals surface area contributed by atoms with Crippen LogP contribution in [0, 0.1) is 7.43 Å². The SMILES string of the molecule is [C].c1ccc2cc3cc4cc5ccccc5cc4cc3cc2c1. The van der Waals surface area contributed by atoms with Crippen LogP contribution in [0.15, 0.2) is 84.9 Å². The van der Waals surface area contributed by atoms with Crippen molar-refractivity contribution in [1.29, 1.82) is 0 Å². The molecule has 106 valence electrons. The summed E-state index contributed by atoms with van der Waals surface area (Å²) in [5.41, 5.74) is 0. The van der Waals surface area contributed by atoms with Gasteiger partial charge in [-0.2, -0.15) is 0 Å². The first-order chi connectivity index (χ1) is 10.9. The van der Waals surface area contributed by atoms with E-state index < -0.39 is 0 Å². The van der Waals surface area contributed by atoms with Gasteiger partial charge in [0.15, 0.2) is 0 Å². The highest BCUT2D eigenvalue weighted by molar-refractivity contribution is 6.08. The van der Waals surface area contributed by atoms with Crippen LogP contribution in [0.4, 0.5) is 0 Å². The molecule has 0 N–H and O–H groups in total. The molecule has 5 aromatic rings. The molecule has 0 amide bonds. The van der Waals surface area contributed by atoms with Gasteiger partial charge in [0.25, 0.3) is 0 Å². The average Bonchev–Trinajstić information content (AvgIpc) is 2.56. The van der Waals surface area contributed by atoms with Crippen LogP contribution in [0.25, 0.3) is 43.1 Å². The summed E-state index contributed by atoms with van der Waals surface area (Å²) < 4.78 is 0. The molecule has 0 aliphatic rings. The lowest BCUT2D eigenvalue weighted by molar-refractivity contribution is 1.78. The molecule has 0 heterocycles. The van der Waals surface area contributed by atoms with E-state index in [1.54, 1.807) is 0 Å². The Bertz CT molecular complexity index is 982. The first kappa shape index (κ1) is 13.8. The Hall–Kier alpha value is -2.86. The molecule has 0 saturated carbocycles. The highest BCUT2D eigenvalue weighted by atomic mass is 14.1.